The molecule has 0 aromatic carbocycles. The molecule has 0 aliphatic rings. The normalized spacial score (nSPS) is 12.5. The Morgan fingerprint density at radius 1 is 1.17 bits per heavy atom. The minimum atomic E-state index is -4.50. The molecule has 0 spiro atoms. The maximum Gasteiger partial charge on any atom is 0.390 e. The Bertz CT molecular complexity index is 731. The van der Waals surface area contributed by atoms with Crippen LogP contribution < -0.4 is 4.72 Å². The van der Waals surface area contributed by atoms with Crippen LogP contribution in [0.4, 0.5) is 13.2 Å². The zero-order chi connectivity index (χ0) is 16.9. The lowest BCUT2D eigenvalue weighted by Crippen LogP contribution is -2.31. The van der Waals surface area contributed by atoms with Crippen LogP contribution in [0.3, 0.4) is 0 Å². The molecule has 0 aliphatic heterocycles. The summed E-state index contributed by atoms with van der Waals surface area (Å²) in [6.45, 7) is 0.154. The zero-order valence-corrected chi connectivity index (χ0v) is 12.7. The molecule has 0 amide bonds. The van der Waals surface area contributed by atoms with Crippen molar-refractivity contribution in [1.82, 2.24) is 24.2 Å². The molecular weight excluding hydrogens is 335 g/mol. The first kappa shape index (κ1) is 17.3. The summed E-state index contributed by atoms with van der Waals surface area (Å²) >= 11 is 0. The van der Waals surface area contributed by atoms with E-state index < -0.39 is 28.4 Å². The van der Waals surface area contributed by atoms with Gasteiger partial charge in [-0.1, -0.05) is 0 Å². The van der Waals surface area contributed by atoms with Gasteiger partial charge in [-0.2, -0.15) is 13.2 Å². The Hall–Kier alpha value is -2.01. The van der Waals surface area contributed by atoms with Crippen LogP contribution in [0.15, 0.2) is 31.0 Å². The fourth-order valence-corrected chi connectivity index (χ4v) is 2.83. The van der Waals surface area contributed by atoms with Crippen LogP contribution in [0.2, 0.25) is 0 Å². The van der Waals surface area contributed by atoms with Crippen LogP contribution >= 0.6 is 0 Å². The minimum Gasteiger partial charge on any atom is -0.328 e. The highest BCUT2D eigenvalue weighted by atomic mass is 32.2. The standard InChI is InChI=1S/C12H14F3N5O2S/c13-12(14,15)1-8-23(21,22)19-5-7-20-6-4-18-11(20)10-9-16-2-3-17-10/h2-4,6,9,19H,1,5,7-8H2. The smallest absolute Gasteiger partial charge is 0.328 e. The Balaban J connectivity index is 1.92. The first-order valence-corrected chi connectivity index (χ1v) is 8.24. The molecule has 126 valence electrons. The van der Waals surface area contributed by atoms with E-state index in [0.29, 0.717) is 11.5 Å². The Morgan fingerprint density at radius 2 is 1.96 bits per heavy atom. The molecule has 0 aliphatic carbocycles. The summed E-state index contributed by atoms with van der Waals surface area (Å²) < 4.78 is 62.9. The van der Waals surface area contributed by atoms with Crippen molar-refractivity contribution in [2.24, 2.45) is 0 Å². The van der Waals surface area contributed by atoms with Gasteiger partial charge in [0.05, 0.1) is 18.4 Å². The van der Waals surface area contributed by atoms with Gasteiger partial charge in [0.2, 0.25) is 10.0 Å². The number of aromatic nitrogens is 4. The molecule has 2 aromatic rings. The second-order valence-electron chi connectivity index (χ2n) is 4.61. The van der Waals surface area contributed by atoms with E-state index in [0.717, 1.165) is 0 Å². The fourth-order valence-electron chi connectivity index (χ4n) is 1.78. The Morgan fingerprint density at radius 3 is 2.61 bits per heavy atom. The number of nitrogens with one attached hydrogen (secondary N) is 1. The average molecular weight is 349 g/mol. The van der Waals surface area contributed by atoms with Gasteiger partial charge in [-0.15, -0.1) is 0 Å². The van der Waals surface area contributed by atoms with Crippen LogP contribution in [0.25, 0.3) is 11.5 Å². The molecule has 1 N–H and O–H groups in total. The van der Waals surface area contributed by atoms with Gasteiger partial charge in [0, 0.05) is 37.9 Å². The van der Waals surface area contributed by atoms with E-state index in [4.69, 9.17) is 0 Å². The van der Waals surface area contributed by atoms with Crippen molar-refractivity contribution in [3.05, 3.63) is 31.0 Å². The van der Waals surface area contributed by atoms with Gasteiger partial charge >= 0.3 is 6.18 Å². The maximum atomic E-state index is 12.1. The SMILES string of the molecule is O=S(=O)(CCC(F)(F)F)NCCn1ccnc1-c1cnccn1. The van der Waals surface area contributed by atoms with Gasteiger partial charge in [0.25, 0.3) is 0 Å². The van der Waals surface area contributed by atoms with Crippen molar-refractivity contribution in [2.45, 2.75) is 19.1 Å². The number of nitrogens with zero attached hydrogens (tertiary/aromatic N) is 4. The van der Waals surface area contributed by atoms with Crippen molar-refractivity contribution in [2.75, 3.05) is 12.3 Å². The molecule has 0 atom stereocenters. The molecule has 23 heavy (non-hydrogen) atoms. The van der Waals surface area contributed by atoms with Gasteiger partial charge in [0.1, 0.15) is 5.69 Å². The predicted octanol–water partition coefficient (Wildman–Crippen LogP) is 1.21. The molecule has 0 unspecified atom stereocenters. The number of hydrogen-bond donors (Lipinski definition) is 1. The van der Waals surface area contributed by atoms with E-state index in [2.05, 4.69) is 19.7 Å². The predicted molar refractivity (Wildman–Crippen MR) is 75.7 cm³/mol. The van der Waals surface area contributed by atoms with E-state index in [9.17, 15) is 21.6 Å². The highest BCUT2D eigenvalue weighted by Crippen LogP contribution is 2.19. The van der Waals surface area contributed by atoms with Crippen LogP contribution in [0.1, 0.15) is 6.42 Å². The lowest BCUT2D eigenvalue weighted by Gasteiger charge is -2.10. The van der Waals surface area contributed by atoms with Crippen LogP contribution in [-0.2, 0) is 16.6 Å². The molecule has 0 saturated heterocycles. The van der Waals surface area contributed by atoms with Crippen molar-refractivity contribution in [3.63, 3.8) is 0 Å². The molecule has 0 fully saturated rings. The topological polar surface area (TPSA) is 89.8 Å². The van der Waals surface area contributed by atoms with Crippen molar-refractivity contribution < 1.29 is 21.6 Å². The Labute approximate surface area is 130 Å². The zero-order valence-electron chi connectivity index (χ0n) is 11.9. The summed E-state index contributed by atoms with van der Waals surface area (Å²) in [5.41, 5.74) is 0.512. The van der Waals surface area contributed by atoms with E-state index in [1.54, 1.807) is 10.8 Å². The van der Waals surface area contributed by atoms with Gasteiger partial charge in [-0.25, -0.2) is 23.1 Å². The molecular formula is C12H14F3N5O2S. The van der Waals surface area contributed by atoms with E-state index >= 15 is 0 Å². The molecule has 2 heterocycles. The number of rotatable bonds is 7. The average Bonchev–Trinajstić information content (AvgIpc) is 2.94. The molecule has 0 bridgehead atoms. The molecule has 0 radical (unpaired) electrons. The molecule has 11 heteroatoms. The molecule has 2 aromatic heterocycles. The molecule has 7 nitrogen and oxygen atoms in total. The number of sulfonamides is 1. The highest BCUT2D eigenvalue weighted by Gasteiger charge is 2.29. The number of imidazole rings is 1. The van der Waals surface area contributed by atoms with Crippen molar-refractivity contribution in [3.8, 4) is 11.5 Å². The van der Waals surface area contributed by atoms with Crippen molar-refractivity contribution in [1.29, 1.82) is 0 Å². The summed E-state index contributed by atoms with van der Waals surface area (Å²) in [6.07, 6.45) is 1.76. The molecule has 2 rings (SSSR count). The number of alkyl halides is 3. The molecule has 0 saturated carbocycles. The lowest BCUT2D eigenvalue weighted by atomic mass is 10.4. The summed E-state index contributed by atoms with van der Waals surface area (Å²) in [6, 6.07) is 0. The second-order valence-corrected chi connectivity index (χ2v) is 6.54. The van der Waals surface area contributed by atoms with E-state index in [-0.39, 0.29) is 13.1 Å². The van der Waals surface area contributed by atoms with Gasteiger partial charge in [-0.3, -0.25) is 4.98 Å². The quantitative estimate of drug-likeness (QED) is 0.812. The number of hydrogen-bond acceptors (Lipinski definition) is 5. The monoisotopic (exact) mass is 349 g/mol. The van der Waals surface area contributed by atoms with Gasteiger partial charge < -0.3 is 4.57 Å². The second kappa shape index (κ2) is 7.04. The summed E-state index contributed by atoms with van der Waals surface area (Å²) in [7, 11) is -3.98. The van der Waals surface area contributed by atoms with E-state index in [1.165, 1.54) is 24.8 Å². The third-order valence-electron chi connectivity index (χ3n) is 2.84. The third-order valence-corrected chi connectivity index (χ3v) is 4.22. The summed E-state index contributed by atoms with van der Waals surface area (Å²) in [4.78, 5) is 12.1. The maximum absolute atomic E-state index is 12.1. The number of halogens is 3. The largest absolute Gasteiger partial charge is 0.390 e. The summed E-state index contributed by atoms with van der Waals surface area (Å²) in [5.74, 6) is -0.496. The third kappa shape index (κ3) is 5.60. The van der Waals surface area contributed by atoms with Gasteiger partial charge in [0.15, 0.2) is 5.82 Å². The fraction of sp³-hybridized carbons (Fsp3) is 0.417. The highest BCUT2D eigenvalue weighted by molar-refractivity contribution is 7.89. The van der Waals surface area contributed by atoms with Crippen LogP contribution in [-0.4, -0.2) is 46.4 Å². The lowest BCUT2D eigenvalue weighted by molar-refractivity contribution is -0.129. The minimum absolute atomic E-state index is 0.0518. The van der Waals surface area contributed by atoms with Crippen molar-refractivity contribution >= 4 is 10.0 Å². The van der Waals surface area contributed by atoms with Crippen LogP contribution in [0.5, 0.6) is 0 Å². The van der Waals surface area contributed by atoms with Gasteiger partial charge in [-0.05, 0) is 0 Å². The first-order chi connectivity index (χ1) is 10.8. The Kier molecular flexibility index (Phi) is 5.31. The summed E-state index contributed by atoms with van der Waals surface area (Å²) in [5, 5.41) is 0. The van der Waals surface area contributed by atoms with Crippen LogP contribution in [0, 0.1) is 0 Å². The first-order valence-electron chi connectivity index (χ1n) is 6.58. The van der Waals surface area contributed by atoms with E-state index in [1.807, 2.05) is 0 Å².